The van der Waals surface area contributed by atoms with Crippen LogP contribution in [0.2, 0.25) is 0 Å². The first-order chi connectivity index (χ1) is 6.50. The average molecular weight is 213 g/mol. The summed E-state index contributed by atoms with van der Waals surface area (Å²) in [4.78, 5) is 0.181. The average Bonchev–Trinajstić information content (AvgIpc) is 2.07. The van der Waals surface area contributed by atoms with E-state index in [1.54, 1.807) is 6.07 Å². The Hall–Kier alpha value is -1.16. The van der Waals surface area contributed by atoms with E-state index in [0.717, 1.165) is 0 Å². The maximum Gasteiger partial charge on any atom is 0.165 e. The number of halogens is 1. The molecule has 1 aromatic rings. The number of nitrogens with two attached hydrogens (primary N) is 1. The van der Waals surface area contributed by atoms with E-state index < -0.39 is 5.82 Å². The molecule has 0 saturated carbocycles. The number of hydrogen-bond donors (Lipinski definition) is 1. The van der Waals surface area contributed by atoms with Crippen molar-refractivity contribution in [2.24, 2.45) is 5.73 Å². The topological polar surface area (TPSA) is 35.2 Å². The Bertz CT molecular complexity index is 352. The van der Waals surface area contributed by atoms with Gasteiger partial charge in [-0.05, 0) is 32.0 Å². The second-order valence-electron chi connectivity index (χ2n) is 3.18. The van der Waals surface area contributed by atoms with E-state index in [-0.39, 0.29) is 16.8 Å². The highest BCUT2D eigenvalue weighted by Gasteiger charge is 2.07. The highest BCUT2D eigenvalue weighted by Crippen LogP contribution is 2.19. The Labute approximate surface area is 87.9 Å². The minimum atomic E-state index is -0.441. The molecule has 0 bridgehead atoms. The molecule has 0 unspecified atom stereocenters. The largest absolute Gasteiger partial charge is 0.488 e. The van der Waals surface area contributed by atoms with Crippen molar-refractivity contribution in [1.82, 2.24) is 0 Å². The molecule has 0 atom stereocenters. The Morgan fingerprint density at radius 3 is 2.57 bits per heavy atom. The van der Waals surface area contributed by atoms with Crippen LogP contribution in [0, 0.1) is 5.82 Å². The van der Waals surface area contributed by atoms with Crippen LogP contribution in [0.1, 0.15) is 19.4 Å². The predicted octanol–water partition coefficient (Wildman–Crippen LogP) is 2.25. The van der Waals surface area contributed by atoms with E-state index in [9.17, 15) is 4.39 Å². The van der Waals surface area contributed by atoms with E-state index in [2.05, 4.69) is 0 Å². The van der Waals surface area contributed by atoms with Crippen LogP contribution in [0.25, 0.3) is 0 Å². The van der Waals surface area contributed by atoms with Crippen LogP contribution in [0.15, 0.2) is 18.2 Å². The van der Waals surface area contributed by atoms with Crippen LogP contribution in [0.3, 0.4) is 0 Å². The molecule has 4 heteroatoms. The van der Waals surface area contributed by atoms with Crippen LogP contribution in [0.5, 0.6) is 5.75 Å². The first-order valence-electron chi connectivity index (χ1n) is 4.26. The predicted molar refractivity (Wildman–Crippen MR) is 58.1 cm³/mol. The summed E-state index contributed by atoms with van der Waals surface area (Å²) in [6, 6.07) is 4.45. The summed E-state index contributed by atoms with van der Waals surface area (Å²) in [5.74, 6) is -0.219. The Morgan fingerprint density at radius 1 is 1.50 bits per heavy atom. The summed E-state index contributed by atoms with van der Waals surface area (Å²) < 4.78 is 18.6. The number of rotatable bonds is 3. The molecule has 0 aromatic heterocycles. The van der Waals surface area contributed by atoms with Crippen molar-refractivity contribution in [1.29, 1.82) is 0 Å². The van der Waals surface area contributed by atoms with Crippen molar-refractivity contribution in [3.05, 3.63) is 29.6 Å². The van der Waals surface area contributed by atoms with Crippen LogP contribution in [-0.2, 0) is 0 Å². The summed E-state index contributed by atoms with van der Waals surface area (Å²) >= 11 is 4.72. The van der Waals surface area contributed by atoms with Gasteiger partial charge in [-0.15, -0.1) is 0 Å². The zero-order valence-corrected chi connectivity index (χ0v) is 8.90. The SMILES string of the molecule is CC(C)Oc1ccc(C(N)=S)cc1F. The number of hydrogen-bond acceptors (Lipinski definition) is 2. The Balaban J connectivity index is 2.95. The summed E-state index contributed by atoms with van der Waals surface area (Å²) in [5.41, 5.74) is 5.87. The van der Waals surface area contributed by atoms with Gasteiger partial charge in [0.2, 0.25) is 0 Å². The Kier molecular flexibility index (Phi) is 3.41. The summed E-state index contributed by atoms with van der Waals surface area (Å²) in [7, 11) is 0. The van der Waals surface area contributed by atoms with Crippen LogP contribution in [0.4, 0.5) is 4.39 Å². The highest BCUT2D eigenvalue weighted by atomic mass is 32.1. The minimum Gasteiger partial charge on any atom is -0.488 e. The highest BCUT2D eigenvalue weighted by molar-refractivity contribution is 7.80. The monoisotopic (exact) mass is 213 g/mol. The van der Waals surface area contributed by atoms with Gasteiger partial charge in [0, 0.05) is 5.56 Å². The van der Waals surface area contributed by atoms with Crippen molar-refractivity contribution in [2.45, 2.75) is 20.0 Å². The molecule has 1 rings (SSSR count). The normalized spacial score (nSPS) is 10.3. The third-order valence-electron chi connectivity index (χ3n) is 1.58. The molecular formula is C10H12FNOS. The first-order valence-corrected chi connectivity index (χ1v) is 4.67. The smallest absolute Gasteiger partial charge is 0.165 e. The lowest BCUT2D eigenvalue weighted by Crippen LogP contribution is -2.11. The van der Waals surface area contributed by atoms with Gasteiger partial charge in [-0.25, -0.2) is 4.39 Å². The van der Waals surface area contributed by atoms with E-state index in [1.807, 2.05) is 13.8 Å². The lowest BCUT2D eigenvalue weighted by Gasteiger charge is -2.10. The number of thiocarbonyl (C=S) groups is 1. The number of benzene rings is 1. The van der Waals surface area contributed by atoms with Crippen molar-refractivity contribution < 1.29 is 9.13 Å². The fraction of sp³-hybridized carbons (Fsp3) is 0.300. The van der Waals surface area contributed by atoms with E-state index in [1.165, 1.54) is 12.1 Å². The second-order valence-corrected chi connectivity index (χ2v) is 3.62. The fourth-order valence-electron chi connectivity index (χ4n) is 1.00. The zero-order chi connectivity index (χ0) is 10.7. The summed E-state index contributed by atoms with van der Waals surface area (Å²) in [5, 5.41) is 0. The molecule has 0 aliphatic heterocycles. The zero-order valence-electron chi connectivity index (χ0n) is 8.08. The van der Waals surface area contributed by atoms with E-state index >= 15 is 0 Å². The summed E-state index contributed by atoms with van der Waals surface area (Å²) in [6.45, 7) is 3.67. The third-order valence-corrected chi connectivity index (χ3v) is 1.81. The second kappa shape index (κ2) is 4.37. The standard InChI is InChI=1S/C10H12FNOS/c1-6(2)13-9-4-3-7(10(12)14)5-8(9)11/h3-6H,1-2H3,(H2,12,14). The molecule has 0 aliphatic carbocycles. The van der Waals surface area contributed by atoms with Gasteiger partial charge in [-0.3, -0.25) is 0 Å². The first kappa shape index (κ1) is 10.9. The lowest BCUT2D eigenvalue weighted by molar-refractivity contribution is 0.231. The van der Waals surface area contributed by atoms with Crippen molar-refractivity contribution in [3.8, 4) is 5.75 Å². The molecular weight excluding hydrogens is 201 g/mol. The molecule has 0 saturated heterocycles. The summed E-state index contributed by atoms with van der Waals surface area (Å²) in [6.07, 6.45) is -0.0554. The molecule has 2 N–H and O–H groups in total. The number of ether oxygens (including phenoxy) is 1. The van der Waals surface area contributed by atoms with E-state index in [0.29, 0.717) is 5.56 Å². The molecule has 14 heavy (non-hydrogen) atoms. The molecule has 0 amide bonds. The fourth-order valence-corrected chi connectivity index (χ4v) is 1.13. The molecule has 0 heterocycles. The molecule has 0 fully saturated rings. The minimum absolute atomic E-state index is 0.0554. The van der Waals surface area contributed by atoms with Gasteiger partial charge in [0.25, 0.3) is 0 Å². The molecule has 0 aliphatic rings. The third kappa shape index (κ3) is 2.67. The van der Waals surface area contributed by atoms with Gasteiger partial charge in [-0.1, -0.05) is 12.2 Å². The van der Waals surface area contributed by atoms with E-state index in [4.69, 9.17) is 22.7 Å². The van der Waals surface area contributed by atoms with Gasteiger partial charge >= 0.3 is 0 Å². The molecule has 2 nitrogen and oxygen atoms in total. The van der Waals surface area contributed by atoms with Gasteiger partial charge in [-0.2, -0.15) is 0 Å². The van der Waals surface area contributed by atoms with Crippen LogP contribution in [-0.4, -0.2) is 11.1 Å². The van der Waals surface area contributed by atoms with Gasteiger partial charge < -0.3 is 10.5 Å². The van der Waals surface area contributed by atoms with Gasteiger partial charge in [0.15, 0.2) is 11.6 Å². The maximum absolute atomic E-state index is 13.3. The van der Waals surface area contributed by atoms with Crippen molar-refractivity contribution in [2.75, 3.05) is 0 Å². The van der Waals surface area contributed by atoms with Gasteiger partial charge in [0.1, 0.15) is 4.99 Å². The molecule has 0 radical (unpaired) electrons. The molecule has 1 aromatic carbocycles. The maximum atomic E-state index is 13.3. The van der Waals surface area contributed by atoms with Crippen molar-refractivity contribution in [3.63, 3.8) is 0 Å². The van der Waals surface area contributed by atoms with Crippen LogP contribution >= 0.6 is 12.2 Å². The lowest BCUT2D eigenvalue weighted by atomic mass is 10.2. The van der Waals surface area contributed by atoms with Crippen LogP contribution < -0.4 is 10.5 Å². The quantitative estimate of drug-likeness (QED) is 0.782. The molecule has 0 spiro atoms. The molecule has 76 valence electrons. The van der Waals surface area contributed by atoms with Gasteiger partial charge in [0.05, 0.1) is 6.10 Å². The van der Waals surface area contributed by atoms with Crippen molar-refractivity contribution >= 4 is 17.2 Å². The Morgan fingerprint density at radius 2 is 2.14 bits per heavy atom.